The summed E-state index contributed by atoms with van der Waals surface area (Å²) in [5.41, 5.74) is 5.81. The van der Waals surface area contributed by atoms with Crippen LogP contribution in [0.25, 0.3) is 11.5 Å². The fourth-order valence-corrected chi connectivity index (χ4v) is 4.03. The molecule has 0 fully saturated rings. The molecule has 1 amide bonds. The molecule has 0 atom stereocenters. The molecule has 150 valence electrons. The maximum Gasteiger partial charge on any atom is 0.277 e. The van der Waals surface area contributed by atoms with Crippen LogP contribution in [0.15, 0.2) is 52.1 Å². The Hall–Kier alpha value is -2.60. The maximum atomic E-state index is 12.3. The van der Waals surface area contributed by atoms with E-state index >= 15 is 0 Å². The first-order valence-corrected chi connectivity index (χ1v) is 10.9. The molecule has 0 saturated heterocycles. The van der Waals surface area contributed by atoms with E-state index in [9.17, 15) is 4.79 Å². The van der Waals surface area contributed by atoms with Gasteiger partial charge in [-0.05, 0) is 65.6 Å². The van der Waals surface area contributed by atoms with Crippen molar-refractivity contribution in [3.8, 4) is 11.5 Å². The van der Waals surface area contributed by atoms with E-state index in [1.54, 1.807) is 0 Å². The lowest BCUT2D eigenvalue weighted by molar-refractivity contribution is -0.113. The molecule has 3 aromatic rings. The van der Waals surface area contributed by atoms with Gasteiger partial charge in [-0.2, -0.15) is 0 Å². The first-order chi connectivity index (χ1) is 13.9. The van der Waals surface area contributed by atoms with Crippen LogP contribution in [0.3, 0.4) is 0 Å². The number of hydrogen-bond donors (Lipinski definition) is 1. The van der Waals surface area contributed by atoms with Gasteiger partial charge in [0.15, 0.2) is 0 Å². The quantitative estimate of drug-likeness (QED) is 0.585. The van der Waals surface area contributed by atoms with E-state index < -0.39 is 0 Å². The number of nitrogens with one attached hydrogen (secondary N) is 1. The number of hydrogen-bond acceptors (Lipinski definition) is 5. The van der Waals surface area contributed by atoms with Crippen molar-refractivity contribution in [2.45, 2.75) is 50.7 Å². The van der Waals surface area contributed by atoms with Crippen molar-refractivity contribution in [1.29, 1.82) is 0 Å². The van der Waals surface area contributed by atoms with Crippen molar-refractivity contribution in [1.82, 2.24) is 10.2 Å². The van der Waals surface area contributed by atoms with Crippen LogP contribution in [0, 0.1) is 0 Å². The lowest BCUT2D eigenvalue weighted by Gasteiger charge is -2.18. The molecular formula is C23H25N3O2S. The van der Waals surface area contributed by atoms with Crippen LogP contribution < -0.4 is 5.32 Å². The number of aromatic nitrogens is 2. The van der Waals surface area contributed by atoms with E-state index in [4.69, 9.17) is 4.42 Å². The predicted molar refractivity (Wildman–Crippen MR) is 116 cm³/mol. The Balaban J connectivity index is 1.34. The third kappa shape index (κ3) is 4.70. The molecule has 4 rings (SSSR count). The largest absolute Gasteiger partial charge is 0.411 e. The molecule has 1 aliphatic rings. The highest BCUT2D eigenvalue weighted by molar-refractivity contribution is 7.99. The summed E-state index contributed by atoms with van der Waals surface area (Å²) in [6.07, 6.45) is 3.42. The molecule has 5 nitrogen and oxygen atoms in total. The van der Waals surface area contributed by atoms with Gasteiger partial charge in [0.1, 0.15) is 0 Å². The second kappa shape index (κ2) is 8.03. The Labute approximate surface area is 175 Å². The number of carbonyl (C=O) groups is 1. The average molecular weight is 408 g/mol. The molecule has 1 aromatic heterocycles. The van der Waals surface area contributed by atoms with Gasteiger partial charge in [0.25, 0.3) is 5.22 Å². The normalized spacial score (nSPS) is 13.3. The lowest BCUT2D eigenvalue weighted by Crippen LogP contribution is -2.14. The molecule has 0 saturated carbocycles. The summed E-state index contributed by atoms with van der Waals surface area (Å²) < 4.78 is 5.72. The first-order valence-electron chi connectivity index (χ1n) is 9.87. The summed E-state index contributed by atoms with van der Waals surface area (Å²) in [7, 11) is 0. The van der Waals surface area contributed by atoms with Gasteiger partial charge in [0.2, 0.25) is 11.8 Å². The summed E-state index contributed by atoms with van der Waals surface area (Å²) >= 11 is 1.24. The Kier molecular flexibility index (Phi) is 5.46. The standard InChI is InChI=1S/C23H25N3O2S/c1-23(2,3)18-10-7-16(8-11-18)21-25-26-22(28-21)29-14-20(27)24-19-12-9-15-5-4-6-17(15)13-19/h7-13H,4-6,14H2,1-3H3,(H,24,27). The topological polar surface area (TPSA) is 68.0 Å². The van der Waals surface area contributed by atoms with Gasteiger partial charge in [-0.25, -0.2) is 0 Å². The zero-order valence-corrected chi connectivity index (χ0v) is 17.8. The van der Waals surface area contributed by atoms with Gasteiger partial charge in [-0.3, -0.25) is 4.79 Å². The molecule has 0 spiro atoms. The van der Waals surface area contributed by atoms with Crippen molar-refractivity contribution < 1.29 is 9.21 Å². The molecule has 1 heterocycles. The minimum Gasteiger partial charge on any atom is -0.411 e. The molecule has 2 aromatic carbocycles. The first kappa shape index (κ1) is 19.7. The highest BCUT2D eigenvalue weighted by Crippen LogP contribution is 2.28. The van der Waals surface area contributed by atoms with Gasteiger partial charge >= 0.3 is 0 Å². The lowest BCUT2D eigenvalue weighted by atomic mass is 9.87. The SMILES string of the molecule is CC(C)(C)c1ccc(-c2nnc(SCC(=O)Nc3ccc4c(c3)CCC4)o2)cc1. The fraction of sp³-hybridized carbons (Fsp3) is 0.348. The number of thioether (sulfide) groups is 1. The van der Waals surface area contributed by atoms with Gasteiger partial charge in [0, 0.05) is 11.3 Å². The number of anilines is 1. The molecular weight excluding hydrogens is 382 g/mol. The number of nitrogens with zero attached hydrogens (tertiary/aromatic N) is 2. The molecule has 0 radical (unpaired) electrons. The van der Waals surface area contributed by atoms with Crippen LogP contribution in [0.1, 0.15) is 43.9 Å². The Morgan fingerprint density at radius 1 is 1.07 bits per heavy atom. The number of rotatable bonds is 5. The third-order valence-electron chi connectivity index (χ3n) is 5.11. The fourth-order valence-electron chi connectivity index (χ4n) is 3.47. The van der Waals surface area contributed by atoms with E-state index in [-0.39, 0.29) is 17.1 Å². The second-order valence-electron chi connectivity index (χ2n) is 8.37. The third-order valence-corrected chi connectivity index (χ3v) is 5.93. The van der Waals surface area contributed by atoms with Gasteiger partial charge in [-0.15, -0.1) is 10.2 Å². The van der Waals surface area contributed by atoms with E-state index in [0.29, 0.717) is 11.1 Å². The van der Waals surface area contributed by atoms with Gasteiger partial charge < -0.3 is 9.73 Å². The van der Waals surface area contributed by atoms with Crippen LogP contribution in [0.2, 0.25) is 0 Å². The Morgan fingerprint density at radius 2 is 1.83 bits per heavy atom. The minimum atomic E-state index is -0.0813. The zero-order chi connectivity index (χ0) is 20.4. The van der Waals surface area contributed by atoms with E-state index in [1.165, 1.54) is 34.9 Å². The molecule has 1 aliphatic carbocycles. The predicted octanol–water partition coefficient (Wildman–Crippen LogP) is 5.25. The van der Waals surface area contributed by atoms with Crippen molar-refractivity contribution in [3.63, 3.8) is 0 Å². The van der Waals surface area contributed by atoms with E-state index in [2.05, 4.69) is 60.6 Å². The smallest absolute Gasteiger partial charge is 0.277 e. The molecule has 29 heavy (non-hydrogen) atoms. The maximum absolute atomic E-state index is 12.3. The molecule has 0 bridgehead atoms. The molecule has 0 unspecified atom stereocenters. The van der Waals surface area contributed by atoms with Crippen LogP contribution in [0.4, 0.5) is 5.69 Å². The summed E-state index contributed by atoms with van der Waals surface area (Å²) in [5.74, 6) is 0.607. The second-order valence-corrected chi connectivity index (χ2v) is 9.30. The average Bonchev–Trinajstić information content (AvgIpc) is 3.35. The molecule has 0 aliphatic heterocycles. The van der Waals surface area contributed by atoms with Gasteiger partial charge in [-0.1, -0.05) is 50.7 Å². The van der Waals surface area contributed by atoms with E-state index in [0.717, 1.165) is 24.1 Å². The number of fused-ring (bicyclic) bond motifs is 1. The van der Waals surface area contributed by atoms with Crippen LogP contribution in [-0.4, -0.2) is 21.9 Å². The monoisotopic (exact) mass is 407 g/mol. The number of benzene rings is 2. The summed E-state index contributed by atoms with van der Waals surface area (Å²) in [4.78, 5) is 12.3. The summed E-state index contributed by atoms with van der Waals surface area (Å²) in [6.45, 7) is 6.53. The summed E-state index contributed by atoms with van der Waals surface area (Å²) in [5, 5.41) is 11.5. The van der Waals surface area contributed by atoms with Crippen molar-refractivity contribution in [3.05, 3.63) is 59.2 Å². The van der Waals surface area contributed by atoms with E-state index in [1.807, 2.05) is 18.2 Å². The number of amides is 1. The van der Waals surface area contributed by atoms with Crippen LogP contribution >= 0.6 is 11.8 Å². The highest BCUT2D eigenvalue weighted by Gasteiger charge is 2.16. The van der Waals surface area contributed by atoms with Crippen molar-refractivity contribution >= 4 is 23.4 Å². The van der Waals surface area contributed by atoms with Crippen molar-refractivity contribution in [2.24, 2.45) is 0 Å². The number of carbonyl (C=O) groups excluding carboxylic acids is 1. The van der Waals surface area contributed by atoms with Crippen molar-refractivity contribution in [2.75, 3.05) is 11.1 Å². The van der Waals surface area contributed by atoms with Crippen LogP contribution in [-0.2, 0) is 23.1 Å². The number of aryl methyl sites for hydroxylation is 2. The molecule has 6 heteroatoms. The summed E-state index contributed by atoms with van der Waals surface area (Å²) in [6, 6.07) is 14.3. The Bertz CT molecular complexity index is 1020. The molecule has 1 N–H and O–H groups in total. The van der Waals surface area contributed by atoms with Crippen LogP contribution in [0.5, 0.6) is 0 Å². The minimum absolute atomic E-state index is 0.0813. The zero-order valence-electron chi connectivity index (χ0n) is 17.0. The van der Waals surface area contributed by atoms with Gasteiger partial charge in [0.05, 0.1) is 5.75 Å². The highest BCUT2D eigenvalue weighted by atomic mass is 32.2. The Morgan fingerprint density at radius 3 is 2.59 bits per heavy atom.